The molecule has 0 amide bonds. The van der Waals surface area contributed by atoms with E-state index in [0.717, 1.165) is 56.9 Å². The number of nitrogens with zero attached hydrogens (tertiary/aromatic N) is 1. The number of esters is 1. The number of hydrazone groups is 1. The number of hydrogen-bond acceptors (Lipinski definition) is 4. The lowest BCUT2D eigenvalue weighted by atomic mass is 9.48. The number of fused-ring (bicyclic) bond motifs is 5. The Bertz CT molecular complexity index is 809. The fraction of sp³-hybridized carbons (Fsp3) is 0.808. The maximum Gasteiger partial charge on any atom is 0.302 e. The topological polar surface area (TPSA) is 62.7 Å². The van der Waals surface area contributed by atoms with Gasteiger partial charge >= 0.3 is 5.97 Å². The van der Waals surface area contributed by atoms with Gasteiger partial charge in [0.25, 0.3) is 0 Å². The van der Waals surface area contributed by atoms with E-state index in [0.29, 0.717) is 11.0 Å². The minimum Gasteiger partial charge on any atom is -0.462 e. The second-order valence-corrected chi connectivity index (χ2v) is 11.4. The molecule has 2 N–H and O–H groups in total. The zero-order valence-electron chi connectivity index (χ0n) is 20.3. The molecule has 0 aliphatic heterocycles. The molecule has 6 atom stereocenters. The quantitative estimate of drug-likeness (QED) is 0.187. The minimum absolute atomic E-state index is 0.0725. The van der Waals surface area contributed by atoms with Crippen LogP contribution >= 0.6 is 12.2 Å². The Hall–Kier alpha value is -1.43. The van der Waals surface area contributed by atoms with Gasteiger partial charge in [0.05, 0.1) is 0 Å². The van der Waals surface area contributed by atoms with E-state index >= 15 is 0 Å². The van der Waals surface area contributed by atoms with Gasteiger partial charge in [-0.05, 0) is 86.8 Å². The first-order chi connectivity index (χ1) is 15.3. The molecule has 0 aromatic heterocycles. The first kappa shape index (κ1) is 23.7. The van der Waals surface area contributed by atoms with Gasteiger partial charge in [-0.3, -0.25) is 10.2 Å². The number of nitrogens with one attached hydrogen (secondary N) is 2. The highest BCUT2D eigenvalue weighted by Gasteiger charge is 2.58. The Morgan fingerprint density at radius 3 is 2.72 bits per heavy atom. The van der Waals surface area contributed by atoms with Crippen LogP contribution in [0.2, 0.25) is 0 Å². The predicted molar refractivity (Wildman–Crippen MR) is 133 cm³/mol. The number of unbranched alkanes of at least 4 members (excludes halogenated alkanes) is 1. The van der Waals surface area contributed by atoms with Crippen LogP contribution in [0.4, 0.5) is 0 Å². The molecule has 0 bridgehead atoms. The van der Waals surface area contributed by atoms with Gasteiger partial charge < -0.3 is 10.1 Å². The molecule has 178 valence electrons. The van der Waals surface area contributed by atoms with Crippen LogP contribution in [0.15, 0.2) is 16.8 Å². The maximum absolute atomic E-state index is 11.5. The molecule has 0 aromatic rings. The average molecular weight is 460 g/mol. The second-order valence-electron chi connectivity index (χ2n) is 11.0. The van der Waals surface area contributed by atoms with Gasteiger partial charge in [-0.1, -0.05) is 38.8 Å². The average Bonchev–Trinajstić information content (AvgIpc) is 3.08. The highest BCUT2D eigenvalue weighted by atomic mass is 32.1. The normalized spacial score (nSPS) is 39.4. The summed E-state index contributed by atoms with van der Waals surface area (Å²) in [4.78, 5) is 11.5. The molecule has 0 saturated heterocycles. The molecular formula is C26H41N3O2S. The monoisotopic (exact) mass is 459 g/mol. The van der Waals surface area contributed by atoms with Crippen molar-refractivity contribution in [2.75, 3.05) is 6.54 Å². The van der Waals surface area contributed by atoms with Crippen LogP contribution in [0.3, 0.4) is 0 Å². The summed E-state index contributed by atoms with van der Waals surface area (Å²) >= 11 is 5.42. The van der Waals surface area contributed by atoms with Gasteiger partial charge in [0.15, 0.2) is 5.11 Å². The molecule has 0 spiro atoms. The Balaban J connectivity index is 1.45. The van der Waals surface area contributed by atoms with Crippen LogP contribution in [-0.2, 0) is 9.53 Å². The molecule has 32 heavy (non-hydrogen) atoms. The fourth-order valence-electron chi connectivity index (χ4n) is 7.47. The third-order valence-electron chi connectivity index (χ3n) is 9.24. The van der Waals surface area contributed by atoms with Crippen molar-refractivity contribution in [1.29, 1.82) is 0 Å². The molecule has 6 heteroatoms. The van der Waals surface area contributed by atoms with Crippen molar-refractivity contribution in [3.05, 3.63) is 11.6 Å². The van der Waals surface area contributed by atoms with Crippen molar-refractivity contribution in [3.8, 4) is 0 Å². The Morgan fingerprint density at radius 2 is 1.97 bits per heavy atom. The van der Waals surface area contributed by atoms with Crippen LogP contribution < -0.4 is 10.7 Å². The van der Waals surface area contributed by atoms with Crippen LogP contribution in [-0.4, -0.2) is 29.4 Å². The number of ether oxygens (including phenoxy) is 1. The van der Waals surface area contributed by atoms with Gasteiger partial charge in [0.2, 0.25) is 0 Å². The highest BCUT2D eigenvalue weighted by molar-refractivity contribution is 7.80. The predicted octanol–water partition coefficient (Wildman–Crippen LogP) is 5.50. The summed E-state index contributed by atoms with van der Waals surface area (Å²) in [5.74, 6) is 2.02. The molecule has 0 radical (unpaired) electrons. The lowest BCUT2D eigenvalue weighted by molar-refractivity contribution is -0.148. The number of thiocarbonyl (C=S) groups is 1. The van der Waals surface area contributed by atoms with E-state index in [4.69, 9.17) is 22.1 Å². The zero-order chi connectivity index (χ0) is 22.9. The first-order valence-electron chi connectivity index (χ1n) is 12.8. The zero-order valence-corrected chi connectivity index (χ0v) is 21.2. The molecule has 3 saturated carbocycles. The number of hydrogen-bond donors (Lipinski definition) is 2. The van der Waals surface area contributed by atoms with E-state index in [9.17, 15) is 4.79 Å². The highest BCUT2D eigenvalue weighted by Crippen LogP contribution is 2.64. The third kappa shape index (κ3) is 4.36. The van der Waals surface area contributed by atoms with E-state index in [1.165, 1.54) is 38.3 Å². The molecule has 4 rings (SSSR count). The van der Waals surface area contributed by atoms with Crippen molar-refractivity contribution in [2.24, 2.45) is 33.7 Å². The molecule has 0 aromatic carbocycles. The summed E-state index contributed by atoms with van der Waals surface area (Å²) in [6.45, 7) is 9.57. The van der Waals surface area contributed by atoms with Crippen molar-refractivity contribution in [1.82, 2.24) is 10.7 Å². The molecule has 6 unspecified atom stereocenters. The van der Waals surface area contributed by atoms with E-state index in [1.54, 1.807) is 5.57 Å². The number of rotatable bonds is 5. The lowest BCUT2D eigenvalue weighted by Gasteiger charge is -2.57. The Kier molecular flexibility index (Phi) is 7.00. The summed E-state index contributed by atoms with van der Waals surface area (Å²) in [5.41, 5.74) is 6.47. The van der Waals surface area contributed by atoms with Crippen LogP contribution in [0, 0.1) is 28.6 Å². The first-order valence-corrected chi connectivity index (χ1v) is 13.2. The van der Waals surface area contributed by atoms with E-state index in [1.807, 2.05) is 0 Å². The lowest BCUT2D eigenvalue weighted by Crippen LogP contribution is -2.51. The summed E-state index contributed by atoms with van der Waals surface area (Å²) in [6.07, 6.45) is 13.9. The molecule has 4 aliphatic rings. The number of carbonyl (C=O) groups is 1. The number of carbonyl (C=O) groups excluding carboxylic acids is 1. The van der Waals surface area contributed by atoms with Crippen molar-refractivity contribution in [2.45, 2.75) is 98.0 Å². The fourth-order valence-corrected chi connectivity index (χ4v) is 7.62. The molecule has 4 aliphatic carbocycles. The summed E-state index contributed by atoms with van der Waals surface area (Å²) in [7, 11) is 0. The number of allylic oxidation sites excluding steroid dienone is 1. The standard InChI is InChI=1S/C26H41N3O2S/c1-5-6-15-27-24(32)29-28-23-10-9-21-20-8-7-18-16-19(31-17(2)30)11-13-25(18,3)22(20)12-14-26(21,23)4/h7,19-22H,5-6,8-16H2,1-4H3,(H2,27,29,32). The SMILES string of the molecule is CCCCNC(=S)NN=C1CCC2C3CC=C4CC(OC(C)=O)CCC4(C)C3CCC12C. The molecule has 5 nitrogen and oxygen atoms in total. The third-order valence-corrected chi connectivity index (χ3v) is 9.48. The summed E-state index contributed by atoms with van der Waals surface area (Å²) in [5, 5.41) is 8.74. The second kappa shape index (κ2) is 9.44. The van der Waals surface area contributed by atoms with E-state index < -0.39 is 0 Å². The van der Waals surface area contributed by atoms with E-state index in [2.05, 4.69) is 37.6 Å². The minimum atomic E-state index is -0.146. The molecular weight excluding hydrogens is 418 g/mol. The summed E-state index contributed by atoms with van der Waals surface area (Å²) < 4.78 is 5.58. The van der Waals surface area contributed by atoms with Gasteiger partial charge in [-0.15, -0.1) is 0 Å². The molecule has 0 heterocycles. The van der Waals surface area contributed by atoms with Crippen LogP contribution in [0.1, 0.15) is 91.9 Å². The largest absolute Gasteiger partial charge is 0.462 e. The Labute approximate surface area is 199 Å². The van der Waals surface area contributed by atoms with Crippen molar-refractivity contribution < 1.29 is 9.53 Å². The Morgan fingerprint density at radius 1 is 1.22 bits per heavy atom. The van der Waals surface area contributed by atoms with E-state index in [-0.39, 0.29) is 22.9 Å². The smallest absolute Gasteiger partial charge is 0.302 e. The summed E-state index contributed by atoms with van der Waals surface area (Å²) in [6, 6.07) is 0. The maximum atomic E-state index is 11.5. The van der Waals surface area contributed by atoms with Crippen LogP contribution in [0.25, 0.3) is 0 Å². The van der Waals surface area contributed by atoms with Gasteiger partial charge in [-0.2, -0.15) is 5.10 Å². The van der Waals surface area contributed by atoms with Crippen LogP contribution in [0.5, 0.6) is 0 Å². The van der Waals surface area contributed by atoms with Crippen molar-refractivity contribution >= 4 is 29.0 Å². The molecule has 3 fully saturated rings. The van der Waals surface area contributed by atoms with Crippen molar-refractivity contribution in [3.63, 3.8) is 0 Å². The van der Waals surface area contributed by atoms with Gasteiger partial charge in [0.1, 0.15) is 6.10 Å². The van der Waals surface area contributed by atoms with Gasteiger partial charge in [-0.25, -0.2) is 0 Å². The van der Waals surface area contributed by atoms with Gasteiger partial charge in [0, 0.05) is 31.0 Å².